The summed E-state index contributed by atoms with van der Waals surface area (Å²) >= 11 is 5.89. The van der Waals surface area contributed by atoms with E-state index in [1.54, 1.807) is 18.3 Å². The fraction of sp³-hybridized carbons (Fsp3) is 0.100. The number of rotatable bonds is 2. The van der Waals surface area contributed by atoms with Crippen molar-refractivity contribution in [3.63, 3.8) is 0 Å². The van der Waals surface area contributed by atoms with Crippen molar-refractivity contribution in [1.82, 2.24) is 14.5 Å². The van der Waals surface area contributed by atoms with E-state index >= 15 is 0 Å². The van der Waals surface area contributed by atoms with E-state index in [-0.39, 0.29) is 0 Å². The van der Waals surface area contributed by atoms with Crippen LogP contribution in [-0.2, 0) is 0 Å². The standard InChI is InChI=1S/C20H17ClN4/c1-13-4-7-17(8-5-13)25-15(3)18(24-20(25)14(2)22)9-6-16-10-11-23-19(21)12-16/h4-5,7-8,10-12H,2,22H2,1,3H3. The highest BCUT2D eigenvalue weighted by molar-refractivity contribution is 6.29. The minimum absolute atomic E-state index is 0.392. The molecule has 3 aromatic rings. The molecule has 124 valence electrons. The van der Waals surface area contributed by atoms with Crippen molar-refractivity contribution in [2.45, 2.75) is 13.8 Å². The van der Waals surface area contributed by atoms with Crippen LogP contribution in [0.3, 0.4) is 0 Å². The molecule has 0 amide bonds. The Balaban J connectivity index is 2.10. The third-order valence-corrected chi connectivity index (χ3v) is 3.95. The molecular weight excluding hydrogens is 332 g/mol. The third-order valence-electron chi connectivity index (χ3n) is 3.74. The molecule has 25 heavy (non-hydrogen) atoms. The van der Waals surface area contributed by atoms with Crippen LogP contribution in [0.2, 0.25) is 5.15 Å². The van der Waals surface area contributed by atoms with E-state index in [2.05, 4.69) is 28.4 Å². The summed E-state index contributed by atoms with van der Waals surface area (Å²) in [5.41, 5.74) is 10.8. The maximum Gasteiger partial charge on any atom is 0.161 e. The highest BCUT2D eigenvalue weighted by atomic mass is 35.5. The van der Waals surface area contributed by atoms with Gasteiger partial charge in [0.05, 0.1) is 11.4 Å². The zero-order valence-electron chi connectivity index (χ0n) is 14.0. The first kappa shape index (κ1) is 16.8. The number of imidazole rings is 1. The Kier molecular flexibility index (Phi) is 4.60. The Bertz CT molecular complexity index is 1000. The van der Waals surface area contributed by atoms with Gasteiger partial charge in [-0.2, -0.15) is 0 Å². The largest absolute Gasteiger partial charge is 0.396 e. The summed E-state index contributed by atoms with van der Waals surface area (Å²) in [7, 11) is 0. The highest BCUT2D eigenvalue weighted by Crippen LogP contribution is 2.21. The van der Waals surface area contributed by atoms with Gasteiger partial charge in [0.1, 0.15) is 10.8 Å². The molecule has 2 heterocycles. The van der Waals surface area contributed by atoms with Gasteiger partial charge in [-0.25, -0.2) is 9.97 Å². The number of halogens is 1. The predicted octanol–water partition coefficient (Wildman–Crippen LogP) is 3.87. The fourth-order valence-corrected chi connectivity index (χ4v) is 2.63. The molecule has 0 aliphatic carbocycles. The zero-order valence-corrected chi connectivity index (χ0v) is 14.8. The predicted molar refractivity (Wildman–Crippen MR) is 101 cm³/mol. The summed E-state index contributed by atoms with van der Waals surface area (Å²) in [4.78, 5) is 8.51. The first-order valence-electron chi connectivity index (χ1n) is 7.70. The van der Waals surface area contributed by atoms with E-state index in [1.165, 1.54) is 5.56 Å². The first-order chi connectivity index (χ1) is 12.0. The second-order valence-corrected chi connectivity index (χ2v) is 6.07. The van der Waals surface area contributed by atoms with Crippen LogP contribution < -0.4 is 5.73 Å². The van der Waals surface area contributed by atoms with Crippen LogP contribution in [0.5, 0.6) is 0 Å². The van der Waals surface area contributed by atoms with Crippen molar-refractivity contribution >= 4 is 17.3 Å². The van der Waals surface area contributed by atoms with E-state index in [4.69, 9.17) is 17.3 Å². The van der Waals surface area contributed by atoms with Gasteiger partial charge in [-0.3, -0.25) is 4.57 Å². The lowest BCUT2D eigenvalue weighted by Crippen LogP contribution is -2.06. The highest BCUT2D eigenvalue weighted by Gasteiger charge is 2.15. The maximum absolute atomic E-state index is 5.94. The van der Waals surface area contributed by atoms with Crippen LogP contribution in [0.25, 0.3) is 11.4 Å². The third kappa shape index (κ3) is 3.57. The number of nitrogens with two attached hydrogens (primary N) is 1. The molecule has 2 N–H and O–H groups in total. The topological polar surface area (TPSA) is 56.7 Å². The molecule has 5 heteroatoms. The van der Waals surface area contributed by atoms with E-state index < -0.39 is 0 Å². The van der Waals surface area contributed by atoms with Crippen LogP contribution in [0.15, 0.2) is 49.2 Å². The van der Waals surface area contributed by atoms with Crippen LogP contribution in [-0.4, -0.2) is 14.5 Å². The number of hydrogen-bond acceptors (Lipinski definition) is 3. The average Bonchev–Trinajstić information content (AvgIpc) is 2.91. The van der Waals surface area contributed by atoms with Gasteiger partial charge in [-0.05, 0) is 44.0 Å². The molecule has 0 aliphatic heterocycles. The number of benzene rings is 1. The summed E-state index contributed by atoms with van der Waals surface area (Å²) in [6.07, 6.45) is 1.62. The van der Waals surface area contributed by atoms with Crippen molar-refractivity contribution in [2.75, 3.05) is 0 Å². The van der Waals surface area contributed by atoms with Crippen molar-refractivity contribution in [1.29, 1.82) is 0 Å². The Morgan fingerprint density at radius 3 is 2.52 bits per heavy atom. The van der Waals surface area contributed by atoms with Crippen LogP contribution in [0.1, 0.15) is 28.3 Å². The van der Waals surface area contributed by atoms with Gasteiger partial charge in [0.25, 0.3) is 0 Å². The molecule has 0 saturated carbocycles. The van der Waals surface area contributed by atoms with Crippen molar-refractivity contribution < 1.29 is 0 Å². The average molecular weight is 349 g/mol. The van der Waals surface area contributed by atoms with Gasteiger partial charge in [-0.1, -0.05) is 41.8 Å². The molecular formula is C20H17ClN4. The number of aryl methyl sites for hydroxylation is 1. The van der Waals surface area contributed by atoms with Gasteiger partial charge in [0.15, 0.2) is 5.82 Å². The SMILES string of the molecule is C=C(N)c1nc(C#Cc2ccnc(Cl)c2)c(C)n1-c1ccc(C)cc1. The number of nitrogens with zero attached hydrogens (tertiary/aromatic N) is 3. The van der Waals surface area contributed by atoms with Crippen LogP contribution in [0, 0.1) is 25.7 Å². The molecule has 4 nitrogen and oxygen atoms in total. The Morgan fingerprint density at radius 2 is 1.88 bits per heavy atom. The number of aromatic nitrogens is 3. The lowest BCUT2D eigenvalue weighted by atomic mass is 10.2. The number of pyridine rings is 1. The Morgan fingerprint density at radius 1 is 1.16 bits per heavy atom. The van der Waals surface area contributed by atoms with Crippen LogP contribution >= 0.6 is 11.6 Å². The second kappa shape index (κ2) is 6.84. The molecule has 0 atom stereocenters. The quantitative estimate of drug-likeness (QED) is 0.565. The smallest absolute Gasteiger partial charge is 0.161 e. The van der Waals surface area contributed by atoms with Crippen LogP contribution in [0.4, 0.5) is 0 Å². The van der Waals surface area contributed by atoms with Gasteiger partial charge in [0.2, 0.25) is 0 Å². The zero-order chi connectivity index (χ0) is 18.0. The molecule has 3 rings (SSSR count). The lowest BCUT2D eigenvalue weighted by Gasteiger charge is -2.10. The van der Waals surface area contributed by atoms with E-state index in [9.17, 15) is 0 Å². The molecule has 0 spiro atoms. The van der Waals surface area contributed by atoms with Gasteiger partial charge < -0.3 is 5.73 Å². The molecule has 2 aromatic heterocycles. The molecule has 0 fully saturated rings. The summed E-state index contributed by atoms with van der Waals surface area (Å²) in [6, 6.07) is 11.6. The van der Waals surface area contributed by atoms with Gasteiger partial charge in [-0.15, -0.1) is 0 Å². The molecule has 0 saturated heterocycles. The van der Waals surface area contributed by atoms with Crippen molar-refractivity contribution in [3.05, 3.63) is 82.7 Å². The van der Waals surface area contributed by atoms with Gasteiger partial charge in [0, 0.05) is 17.4 Å². The summed E-state index contributed by atoms with van der Waals surface area (Å²) in [6.45, 7) is 7.84. The number of hydrogen-bond donors (Lipinski definition) is 1. The Labute approximate surface area is 152 Å². The van der Waals surface area contributed by atoms with E-state index in [0.717, 1.165) is 16.9 Å². The molecule has 0 radical (unpaired) electrons. The van der Waals surface area contributed by atoms with E-state index in [1.807, 2.05) is 42.7 Å². The minimum Gasteiger partial charge on any atom is -0.396 e. The minimum atomic E-state index is 0.392. The second-order valence-electron chi connectivity index (χ2n) is 5.68. The van der Waals surface area contributed by atoms with E-state index in [0.29, 0.717) is 22.4 Å². The maximum atomic E-state index is 5.94. The summed E-state index contributed by atoms with van der Waals surface area (Å²) < 4.78 is 1.96. The monoisotopic (exact) mass is 348 g/mol. The molecule has 1 aromatic carbocycles. The lowest BCUT2D eigenvalue weighted by molar-refractivity contribution is 0.973. The normalized spacial score (nSPS) is 10.2. The first-order valence-corrected chi connectivity index (χ1v) is 8.08. The summed E-state index contributed by atoms with van der Waals surface area (Å²) in [5, 5.41) is 0.407. The Hall–Kier alpha value is -3.03. The van der Waals surface area contributed by atoms with Gasteiger partial charge >= 0.3 is 0 Å². The fourth-order valence-electron chi connectivity index (χ4n) is 2.46. The van der Waals surface area contributed by atoms with Crippen molar-refractivity contribution in [2.24, 2.45) is 5.73 Å². The molecule has 0 unspecified atom stereocenters. The molecule has 0 bridgehead atoms. The van der Waals surface area contributed by atoms with Crippen molar-refractivity contribution in [3.8, 4) is 17.5 Å². The molecule has 0 aliphatic rings. The summed E-state index contributed by atoms with van der Waals surface area (Å²) in [5.74, 6) is 6.75.